The van der Waals surface area contributed by atoms with Gasteiger partial charge in [0.05, 0.1) is 16.0 Å². The monoisotopic (exact) mass is 350 g/mol. The third-order valence-corrected chi connectivity index (χ3v) is 3.46. The molecule has 1 heterocycles. The van der Waals surface area contributed by atoms with Crippen LogP contribution in [0.3, 0.4) is 0 Å². The van der Waals surface area contributed by atoms with Gasteiger partial charge in [-0.15, -0.1) is 0 Å². The highest BCUT2D eigenvalue weighted by Crippen LogP contribution is 2.20. The second kappa shape index (κ2) is 8.84. The standard InChI is InChI=1S/C10H12N2.C6H3F2NO2.CH5N/c1-7-5-4-6-9-10(7)11-8(2)12(9)3;7-4-2-1-3-5(8)6(4)9(10)11;1-2/h4-6H,1-3H3;1-3H;2H2,1H3. The van der Waals surface area contributed by atoms with Crippen molar-refractivity contribution in [3.05, 3.63) is 69.5 Å². The first-order valence-corrected chi connectivity index (χ1v) is 7.37. The first kappa shape index (κ1) is 20.2. The molecule has 134 valence electrons. The van der Waals surface area contributed by atoms with Crippen molar-refractivity contribution in [2.24, 2.45) is 12.8 Å². The van der Waals surface area contributed by atoms with Gasteiger partial charge in [0.15, 0.2) is 0 Å². The number of rotatable bonds is 1. The Labute approximate surface area is 144 Å². The van der Waals surface area contributed by atoms with Gasteiger partial charge in [-0.3, -0.25) is 10.1 Å². The Balaban J connectivity index is 0.000000229. The van der Waals surface area contributed by atoms with E-state index in [9.17, 15) is 18.9 Å². The molecule has 0 saturated carbocycles. The predicted molar refractivity (Wildman–Crippen MR) is 93.3 cm³/mol. The number of nitro groups is 1. The fraction of sp³-hybridized carbons (Fsp3) is 0.235. The van der Waals surface area contributed by atoms with Crippen molar-refractivity contribution in [3.63, 3.8) is 0 Å². The second-order valence-corrected chi connectivity index (χ2v) is 4.99. The number of benzene rings is 2. The summed E-state index contributed by atoms with van der Waals surface area (Å²) in [6.07, 6.45) is 0. The van der Waals surface area contributed by atoms with E-state index in [1.54, 1.807) is 0 Å². The van der Waals surface area contributed by atoms with Crippen LogP contribution in [-0.4, -0.2) is 21.5 Å². The fourth-order valence-corrected chi connectivity index (χ4v) is 2.13. The average molecular weight is 350 g/mol. The average Bonchev–Trinajstić information content (AvgIpc) is 2.86. The SMILES string of the molecule is CN.Cc1cccc2c1nc(C)n2C.O=[N+]([O-])c1c(F)cccc1F. The van der Waals surface area contributed by atoms with Crippen LogP contribution in [0.5, 0.6) is 0 Å². The lowest BCUT2D eigenvalue weighted by atomic mass is 10.2. The molecule has 0 bridgehead atoms. The molecule has 6 nitrogen and oxygen atoms in total. The molecule has 0 fully saturated rings. The van der Waals surface area contributed by atoms with E-state index in [1.165, 1.54) is 18.1 Å². The Kier molecular flexibility index (Phi) is 7.13. The van der Waals surface area contributed by atoms with E-state index in [-0.39, 0.29) is 0 Å². The number of imidazole rings is 1. The van der Waals surface area contributed by atoms with E-state index in [4.69, 9.17) is 0 Å². The summed E-state index contributed by atoms with van der Waals surface area (Å²) in [5.74, 6) is -1.25. The lowest BCUT2D eigenvalue weighted by Gasteiger charge is -1.96. The van der Waals surface area contributed by atoms with Gasteiger partial charge in [0, 0.05) is 7.05 Å². The van der Waals surface area contributed by atoms with Crippen LogP contribution in [0, 0.1) is 35.6 Å². The van der Waals surface area contributed by atoms with Crippen LogP contribution in [0.1, 0.15) is 11.4 Å². The Bertz CT molecular complexity index is 858. The van der Waals surface area contributed by atoms with Crippen molar-refractivity contribution in [1.82, 2.24) is 9.55 Å². The van der Waals surface area contributed by atoms with E-state index in [0.717, 1.165) is 29.5 Å². The minimum Gasteiger partial charge on any atom is -0.333 e. The molecule has 8 heteroatoms. The zero-order valence-corrected chi connectivity index (χ0v) is 14.5. The van der Waals surface area contributed by atoms with Gasteiger partial charge in [0.2, 0.25) is 11.6 Å². The topological polar surface area (TPSA) is 87.0 Å². The highest BCUT2D eigenvalue weighted by atomic mass is 19.1. The minimum atomic E-state index is -1.16. The van der Waals surface area contributed by atoms with Gasteiger partial charge in [-0.1, -0.05) is 18.2 Å². The molecule has 1 aromatic heterocycles. The van der Waals surface area contributed by atoms with Crippen molar-refractivity contribution in [1.29, 1.82) is 0 Å². The molecule has 0 spiro atoms. The van der Waals surface area contributed by atoms with Crippen molar-refractivity contribution in [2.45, 2.75) is 13.8 Å². The van der Waals surface area contributed by atoms with E-state index < -0.39 is 22.2 Å². The van der Waals surface area contributed by atoms with E-state index in [2.05, 4.69) is 40.4 Å². The Morgan fingerprint density at radius 2 is 1.60 bits per heavy atom. The molecule has 0 atom stereocenters. The van der Waals surface area contributed by atoms with Gasteiger partial charge in [-0.25, -0.2) is 4.98 Å². The molecule has 0 unspecified atom stereocenters. The summed E-state index contributed by atoms with van der Waals surface area (Å²) in [6.45, 7) is 4.12. The molecule has 25 heavy (non-hydrogen) atoms. The molecule has 0 aliphatic carbocycles. The largest absolute Gasteiger partial charge is 0.340 e. The predicted octanol–water partition coefficient (Wildman–Crippen LogP) is 3.64. The minimum absolute atomic E-state index is 0.835. The maximum Gasteiger partial charge on any atom is 0.340 e. The first-order chi connectivity index (χ1) is 11.8. The molecule has 0 aliphatic heterocycles. The Morgan fingerprint density at radius 1 is 1.08 bits per heavy atom. The van der Waals surface area contributed by atoms with Gasteiger partial charge < -0.3 is 10.3 Å². The zero-order valence-electron chi connectivity index (χ0n) is 14.5. The van der Waals surface area contributed by atoms with Gasteiger partial charge in [0.1, 0.15) is 5.82 Å². The van der Waals surface area contributed by atoms with Gasteiger partial charge in [-0.2, -0.15) is 8.78 Å². The molecular formula is C17H20F2N4O2. The van der Waals surface area contributed by atoms with Gasteiger partial charge in [0.25, 0.3) is 0 Å². The molecular weight excluding hydrogens is 330 g/mol. The van der Waals surface area contributed by atoms with E-state index in [1.807, 2.05) is 14.0 Å². The Hall–Kier alpha value is -2.87. The number of halogens is 2. The number of hydrogen-bond acceptors (Lipinski definition) is 4. The first-order valence-electron chi connectivity index (χ1n) is 7.37. The third kappa shape index (κ3) is 4.57. The lowest BCUT2D eigenvalue weighted by molar-refractivity contribution is -0.390. The molecule has 0 amide bonds. The van der Waals surface area contributed by atoms with Crippen LogP contribution in [-0.2, 0) is 7.05 Å². The summed E-state index contributed by atoms with van der Waals surface area (Å²) in [7, 11) is 3.55. The molecule has 3 rings (SSSR count). The van der Waals surface area contributed by atoms with Crippen LogP contribution in [0.15, 0.2) is 36.4 Å². The lowest BCUT2D eigenvalue weighted by Crippen LogP contribution is -1.95. The molecule has 0 aliphatic rings. The summed E-state index contributed by atoms with van der Waals surface area (Å²) >= 11 is 0. The quantitative estimate of drug-likeness (QED) is 0.536. The van der Waals surface area contributed by atoms with Crippen LogP contribution in [0.25, 0.3) is 11.0 Å². The number of fused-ring (bicyclic) bond motifs is 1. The van der Waals surface area contributed by atoms with E-state index in [0.29, 0.717) is 0 Å². The maximum atomic E-state index is 12.4. The van der Waals surface area contributed by atoms with Crippen LogP contribution in [0.2, 0.25) is 0 Å². The fourth-order valence-electron chi connectivity index (χ4n) is 2.13. The molecule has 3 aromatic rings. The van der Waals surface area contributed by atoms with Gasteiger partial charge in [-0.05, 0) is 44.7 Å². The zero-order chi connectivity index (χ0) is 19.1. The summed E-state index contributed by atoms with van der Waals surface area (Å²) in [6, 6.07) is 9.00. The third-order valence-electron chi connectivity index (χ3n) is 3.46. The summed E-state index contributed by atoms with van der Waals surface area (Å²) < 4.78 is 27.0. The number of para-hydroxylation sites is 2. The number of hydrogen-bond donors (Lipinski definition) is 1. The van der Waals surface area contributed by atoms with Crippen LogP contribution in [0.4, 0.5) is 14.5 Å². The number of nitrogens with two attached hydrogens (primary N) is 1. The van der Waals surface area contributed by atoms with Gasteiger partial charge >= 0.3 is 5.69 Å². The molecule has 2 N–H and O–H groups in total. The number of aromatic nitrogens is 2. The smallest absolute Gasteiger partial charge is 0.333 e. The molecule has 0 saturated heterocycles. The summed E-state index contributed by atoms with van der Waals surface area (Å²) in [5.41, 5.74) is 6.98. The highest BCUT2D eigenvalue weighted by molar-refractivity contribution is 5.79. The second-order valence-electron chi connectivity index (χ2n) is 4.99. The van der Waals surface area contributed by atoms with Crippen molar-refractivity contribution in [2.75, 3.05) is 7.05 Å². The molecule has 0 radical (unpaired) electrons. The Morgan fingerprint density at radius 3 is 2.04 bits per heavy atom. The van der Waals surface area contributed by atoms with Crippen molar-refractivity contribution in [3.8, 4) is 0 Å². The van der Waals surface area contributed by atoms with Crippen LogP contribution < -0.4 is 5.73 Å². The number of nitrogens with zero attached hydrogens (tertiary/aromatic N) is 3. The number of nitro benzene ring substituents is 1. The van der Waals surface area contributed by atoms with Crippen molar-refractivity contribution < 1.29 is 13.7 Å². The normalized spacial score (nSPS) is 9.72. The van der Waals surface area contributed by atoms with Crippen LogP contribution >= 0.6 is 0 Å². The number of aryl methyl sites for hydroxylation is 3. The summed E-state index contributed by atoms with van der Waals surface area (Å²) in [4.78, 5) is 13.4. The van der Waals surface area contributed by atoms with Crippen molar-refractivity contribution >= 4 is 16.7 Å². The van der Waals surface area contributed by atoms with E-state index >= 15 is 0 Å². The highest BCUT2D eigenvalue weighted by Gasteiger charge is 2.19. The summed E-state index contributed by atoms with van der Waals surface area (Å²) in [5, 5.41) is 9.97. The maximum absolute atomic E-state index is 12.4. The molecule has 2 aromatic carbocycles.